The number of nitrogens with zero attached hydrogens (tertiary/aromatic N) is 1. The third-order valence-corrected chi connectivity index (χ3v) is 3.66. The Balaban J connectivity index is 1.91. The Kier molecular flexibility index (Phi) is 5.44. The van der Waals surface area contributed by atoms with E-state index in [4.69, 9.17) is 4.74 Å². The van der Waals surface area contributed by atoms with Gasteiger partial charge >= 0.3 is 5.97 Å². The topological polar surface area (TPSA) is 46.6 Å². The number of carbonyl (C=O) groups is 2. The van der Waals surface area contributed by atoms with Crippen molar-refractivity contribution in [3.63, 3.8) is 0 Å². The molecular formula is C16H20FNO3. The summed E-state index contributed by atoms with van der Waals surface area (Å²) in [5.41, 5.74) is 0.495. The van der Waals surface area contributed by atoms with Crippen LogP contribution in [0.1, 0.15) is 30.1 Å². The lowest BCUT2D eigenvalue weighted by molar-refractivity contribution is -0.149. The van der Waals surface area contributed by atoms with E-state index in [0.29, 0.717) is 18.7 Å². The number of halogens is 1. The summed E-state index contributed by atoms with van der Waals surface area (Å²) < 4.78 is 17.9. The number of rotatable bonds is 5. The van der Waals surface area contributed by atoms with Gasteiger partial charge in [0.15, 0.2) is 5.78 Å². The Morgan fingerprint density at radius 1 is 1.33 bits per heavy atom. The molecule has 0 radical (unpaired) electrons. The second-order valence-corrected chi connectivity index (χ2v) is 5.26. The van der Waals surface area contributed by atoms with Crippen molar-refractivity contribution in [3.8, 4) is 0 Å². The number of benzene rings is 1. The van der Waals surface area contributed by atoms with Crippen LogP contribution in [0.3, 0.4) is 0 Å². The molecule has 1 aliphatic rings. The second-order valence-electron chi connectivity index (χ2n) is 5.26. The van der Waals surface area contributed by atoms with Crippen molar-refractivity contribution in [3.05, 3.63) is 35.6 Å². The fourth-order valence-electron chi connectivity index (χ4n) is 2.58. The first-order chi connectivity index (χ1) is 10.1. The van der Waals surface area contributed by atoms with E-state index in [9.17, 15) is 14.0 Å². The van der Waals surface area contributed by atoms with Crippen LogP contribution in [0.25, 0.3) is 0 Å². The molecule has 5 heteroatoms. The fourth-order valence-corrected chi connectivity index (χ4v) is 2.58. The summed E-state index contributed by atoms with van der Waals surface area (Å²) in [5.74, 6) is -0.748. The number of esters is 1. The number of likely N-dealkylation sites (tertiary alicyclic amines) is 1. The number of carbonyl (C=O) groups excluding carboxylic acids is 2. The van der Waals surface area contributed by atoms with Gasteiger partial charge in [0.2, 0.25) is 0 Å². The van der Waals surface area contributed by atoms with E-state index in [1.807, 2.05) is 4.90 Å². The highest BCUT2D eigenvalue weighted by atomic mass is 19.1. The van der Waals surface area contributed by atoms with Crippen LogP contribution in [-0.2, 0) is 9.53 Å². The van der Waals surface area contributed by atoms with Gasteiger partial charge in [0.1, 0.15) is 5.82 Å². The Bertz CT molecular complexity index is 501. The summed E-state index contributed by atoms with van der Waals surface area (Å²) in [5, 5.41) is 0. The number of ketones is 1. The highest BCUT2D eigenvalue weighted by molar-refractivity contribution is 5.97. The molecule has 1 heterocycles. The lowest BCUT2D eigenvalue weighted by Gasteiger charge is -2.30. The van der Waals surface area contributed by atoms with Crippen LogP contribution in [0.4, 0.5) is 4.39 Å². The van der Waals surface area contributed by atoms with Crippen molar-refractivity contribution in [2.24, 2.45) is 5.92 Å². The third-order valence-electron chi connectivity index (χ3n) is 3.66. The molecule has 0 amide bonds. The molecule has 1 aromatic rings. The van der Waals surface area contributed by atoms with Crippen molar-refractivity contribution in [1.29, 1.82) is 0 Å². The molecule has 1 atom stereocenters. The quantitative estimate of drug-likeness (QED) is 0.617. The average molecular weight is 293 g/mol. The number of hydrogen-bond acceptors (Lipinski definition) is 4. The molecule has 1 saturated heterocycles. The summed E-state index contributed by atoms with van der Waals surface area (Å²) in [4.78, 5) is 25.9. The summed E-state index contributed by atoms with van der Waals surface area (Å²) in [6.45, 7) is 3.76. The standard InChI is InChI=1S/C16H20FNO3/c1-2-21-16(20)13-4-3-9-18(10-13)11-15(19)12-5-7-14(17)8-6-12/h5-8,13H,2-4,9-11H2,1H3/t13-/m1/s1. The van der Waals surface area contributed by atoms with Crippen molar-refractivity contribution < 1.29 is 18.7 Å². The maximum Gasteiger partial charge on any atom is 0.310 e. The molecule has 1 aromatic carbocycles. The predicted molar refractivity (Wildman–Crippen MR) is 76.5 cm³/mol. The molecule has 0 spiro atoms. The number of Topliss-reactive ketones (excluding diaryl/α,β-unsaturated/α-hetero) is 1. The summed E-state index contributed by atoms with van der Waals surface area (Å²) in [6.07, 6.45) is 1.68. The van der Waals surface area contributed by atoms with Crippen LogP contribution in [0.5, 0.6) is 0 Å². The smallest absolute Gasteiger partial charge is 0.310 e. The van der Waals surface area contributed by atoms with E-state index >= 15 is 0 Å². The Morgan fingerprint density at radius 3 is 2.71 bits per heavy atom. The minimum absolute atomic E-state index is 0.0560. The van der Waals surface area contributed by atoms with Crippen molar-refractivity contribution in [1.82, 2.24) is 4.90 Å². The van der Waals surface area contributed by atoms with Gasteiger partial charge < -0.3 is 4.74 Å². The number of hydrogen-bond donors (Lipinski definition) is 0. The van der Waals surface area contributed by atoms with E-state index in [2.05, 4.69) is 0 Å². The summed E-state index contributed by atoms with van der Waals surface area (Å²) in [7, 11) is 0. The zero-order chi connectivity index (χ0) is 15.2. The molecule has 4 nitrogen and oxygen atoms in total. The molecule has 0 unspecified atom stereocenters. The molecule has 0 aromatic heterocycles. The van der Waals surface area contributed by atoms with Gasteiger partial charge in [0.25, 0.3) is 0 Å². The predicted octanol–water partition coefficient (Wildman–Crippen LogP) is 2.28. The van der Waals surface area contributed by atoms with E-state index in [1.54, 1.807) is 6.92 Å². The van der Waals surface area contributed by atoms with Crippen LogP contribution < -0.4 is 0 Å². The maximum absolute atomic E-state index is 12.8. The number of piperidine rings is 1. The van der Waals surface area contributed by atoms with Crippen molar-refractivity contribution >= 4 is 11.8 Å². The SMILES string of the molecule is CCOC(=O)[C@@H]1CCCN(CC(=O)c2ccc(F)cc2)C1. The van der Waals surface area contributed by atoms with Crippen molar-refractivity contribution in [2.45, 2.75) is 19.8 Å². The van der Waals surface area contributed by atoms with Gasteiger partial charge in [-0.2, -0.15) is 0 Å². The molecule has 0 N–H and O–H groups in total. The normalized spacial score (nSPS) is 19.2. The van der Waals surface area contributed by atoms with E-state index < -0.39 is 0 Å². The highest BCUT2D eigenvalue weighted by Gasteiger charge is 2.27. The molecule has 114 valence electrons. The average Bonchev–Trinajstić information content (AvgIpc) is 2.48. The van der Waals surface area contributed by atoms with E-state index in [0.717, 1.165) is 19.4 Å². The van der Waals surface area contributed by atoms with Crippen molar-refractivity contribution in [2.75, 3.05) is 26.2 Å². The fraction of sp³-hybridized carbons (Fsp3) is 0.500. The zero-order valence-corrected chi connectivity index (χ0v) is 12.2. The molecule has 0 saturated carbocycles. The van der Waals surface area contributed by atoms with Gasteiger partial charge in [-0.3, -0.25) is 14.5 Å². The Labute approximate surface area is 123 Å². The molecule has 1 fully saturated rings. The molecule has 1 aliphatic heterocycles. The van der Waals surface area contributed by atoms with Gasteiger partial charge in [-0.1, -0.05) is 0 Å². The van der Waals surface area contributed by atoms with Crippen LogP contribution in [0, 0.1) is 11.7 Å². The Hall–Kier alpha value is -1.75. The summed E-state index contributed by atoms with van der Waals surface area (Å²) >= 11 is 0. The van der Waals surface area contributed by atoms with Gasteiger partial charge in [-0.15, -0.1) is 0 Å². The van der Waals surface area contributed by atoms with Crippen LogP contribution in [0.2, 0.25) is 0 Å². The van der Waals surface area contributed by atoms with Gasteiger partial charge in [0, 0.05) is 12.1 Å². The van der Waals surface area contributed by atoms with E-state index in [-0.39, 0.29) is 30.0 Å². The van der Waals surface area contributed by atoms with Crippen LogP contribution in [-0.4, -0.2) is 42.9 Å². The lowest BCUT2D eigenvalue weighted by Crippen LogP contribution is -2.41. The zero-order valence-electron chi connectivity index (χ0n) is 12.2. The minimum atomic E-state index is -0.355. The summed E-state index contributed by atoms with van der Waals surface area (Å²) in [6, 6.07) is 5.55. The van der Waals surface area contributed by atoms with E-state index in [1.165, 1.54) is 24.3 Å². The third kappa shape index (κ3) is 4.36. The lowest BCUT2D eigenvalue weighted by atomic mass is 9.97. The monoisotopic (exact) mass is 293 g/mol. The molecule has 0 bridgehead atoms. The first-order valence-electron chi connectivity index (χ1n) is 7.28. The largest absolute Gasteiger partial charge is 0.466 e. The number of ether oxygens (including phenoxy) is 1. The first-order valence-corrected chi connectivity index (χ1v) is 7.28. The van der Waals surface area contributed by atoms with Gasteiger partial charge in [-0.05, 0) is 50.6 Å². The molecule has 21 heavy (non-hydrogen) atoms. The van der Waals surface area contributed by atoms with Crippen LogP contribution >= 0.6 is 0 Å². The molecular weight excluding hydrogens is 273 g/mol. The maximum atomic E-state index is 12.8. The minimum Gasteiger partial charge on any atom is -0.466 e. The van der Waals surface area contributed by atoms with Gasteiger partial charge in [-0.25, -0.2) is 4.39 Å². The molecule has 0 aliphatic carbocycles. The highest BCUT2D eigenvalue weighted by Crippen LogP contribution is 2.18. The Morgan fingerprint density at radius 2 is 2.05 bits per heavy atom. The second kappa shape index (κ2) is 7.31. The van der Waals surface area contributed by atoms with Crippen LogP contribution in [0.15, 0.2) is 24.3 Å². The van der Waals surface area contributed by atoms with Gasteiger partial charge in [0.05, 0.1) is 19.1 Å². The molecule has 2 rings (SSSR count). The first kappa shape index (κ1) is 15.6.